The van der Waals surface area contributed by atoms with Crippen LogP contribution in [0.25, 0.3) is 22.6 Å². The number of esters is 3. The molecule has 3 heterocycles. The average Bonchev–Trinajstić information content (AvgIpc) is 0.887. The molecular weight excluding hydrogens is 1420 g/mol. The summed E-state index contributed by atoms with van der Waals surface area (Å²) in [4.78, 5) is 220. The number of nitrogens with one attached hydrogen (secondary N) is 5. The fourth-order valence-corrected chi connectivity index (χ4v) is 14.8. The summed E-state index contributed by atoms with van der Waals surface area (Å²) in [6, 6.07) is 6.79. The number of amides is 9. The highest BCUT2D eigenvalue weighted by Crippen LogP contribution is 2.39. The minimum absolute atomic E-state index is 0.0668. The summed E-state index contributed by atoms with van der Waals surface area (Å²) in [6.45, 7) is 19.7. The van der Waals surface area contributed by atoms with E-state index >= 15 is 9.59 Å². The molecule has 3 aliphatic carbocycles. The van der Waals surface area contributed by atoms with Gasteiger partial charge in [-0.3, -0.25) is 57.5 Å². The van der Waals surface area contributed by atoms with Gasteiger partial charge in [0.05, 0.1) is 42.0 Å². The highest BCUT2D eigenvalue weighted by atomic mass is 16.6. The number of carbonyl (C=O) groups excluding carboxylic acids is 14. The first-order valence-electron chi connectivity index (χ1n) is 36.9. The van der Waals surface area contributed by atoms with Crippen LogP contribution >= 0.6 is 0 Å². The molecule has 9 rings (SSSR count). The molecule has 2 saturated carbocycles. The van der Waals surface area contributed by atoms with E-state index < -0.39 is 202 Å². The molecule has 12 unspecified atom stereocenters. The Kier molecular flexibility index (Phi) is 27.3. The number of anilines is 2. The van der Waals surface area contributed by atoms with Gasteiger partial charge in [-0.1, -0.05) is 86.4 Å². The van der Waals surface area contributed by atoms with E-state index in [0.29, 0.717) is 55.5 Å². The molecule has 0 radical (unpaired) electrons. The lowest BCUT2D eigenvalue weighted by molar-refractivity contribution is -0.163. The predicted molar refractivity (Wildman–Crippen MR) is 401 cm³/mol. The van der Waals surface area contributed by atoms with Crippen LogP contribution in [0.1, 0.15) is 157 Å². The lowest BCUT2D eigenvalue weighted by Gasteiger charge is -2.35. The number of aromatic nitrogens is 1. The van der Waals surface area contributed by atoms with Gasteiger partial charge in [-0.25, -0.2) is 19.4 Å². The first kappa shape index (κ1) is 84.5. The quantitative estimate of drug-likeness (QED) is 0.0382. The van der Waals surface area contributed by atoms with Gasteiger partial charge in [-0.05, 0) is 125 Å². The van der Waals surface area contributed by atoms with Crippen molar-refractivity contribution in [1.29, 1.82) is 0 Å². The van der Waals surface area contributed by atoms with Crippen molar-refractivity contribution in [3.63, 3.8) is 0 Å². The number of rotatable bonds is 11. The topological polar surface area (TPSA) is 429 Å². The second-order valence-electron chi connectivity index (χ2n) is 30.4. The lowest BCUT2D eigenvalue weighted by Crippen LogP contribution is -2.59. The molecule has 2 saturated heterocycles. The Bertz CT molecular complexity index is 4460. The highest BCUT2D eigenvalue weighted by Gasteiger charge is 2.48. The van der Waals surface area contributed by atoms with Gasteiger partial charge in [0.25, 0.3) is 11.8 Å². The second kappa shape index (κ2) is 35.5. The van der Waals surface area contributed by atoms with E-state index in [1.807, 2.05) is 0 Å². The minimum Gasteiger partial charge on any atom is -0.507 e. The maximum atomic E-state index is 15.2. The van der Waals surface area contributed by atoms with Crippen molar-refractivity contribution in [3.05, 3.63) is 98.7 Å². The molecule has 31 heteroatoms. The Morgan fingerprint density at radius 1 is 0.600 bits per heavy atom. The van der Waals surface area contributed by atoms with E-state index in [4.69, 9.17) is 29.3 Å². The van der Waals surface area contributed by atoms with Crippen LogP contribution in [0.5, 0.6) is 11.5 Å². The van der Waals surface area contributed by atoms with Crippen LogP contribution in [0.4, 0.5) is 11.4 Å². The number of Topliss-reactive ketones (excluding diaryl/α,β-unsaturated/α-hetero) is 2. The summed E-state index contributed by atoms with van der Waals surface area (Å²) in [5, 5.41) is 23.0. The molecule has 12 atom stereocenters. The number of hydrogen-bond donors (Lipinski definition) is 7. The number of aryl methyl sites for hydroxylation is 1. The molecule has 0 bridgehead atoms. The van der Waals surface area contributed by atoms with Crippen molar-refractivity contribution in [1.82, 2.24) is 45.9 Å². The third-order valence-corrected chi connectivity index (χ3v) is 20.9. The van der Waals surface area contributed by atoms with Gasteiger partial charge in [0.15, 0.2) is 22.9 Å². The van der Waals surface area contributed by atoms with Crippen molar-refractivity contribution in [3.8, 4) is 23.0 Å². The zero-order valence-electron chi connectivity index (χ0n) is 65.2. The van der Waals surface area contributed by atoms with Crippen molar-refractivity contribution in [2.75, 3.05) is 52.3 Å². The van der Waals surface area contributed by atoms with Gasteiger partial charge >= 0.3 is 17.9 Å². The number of fused-ring (bicyclic) bond motifs is 4. The van der Waals surface area contributed by atoms with Gasteiger partial charge in [-0.15, -0.1) is 0 Å². The number of carbonyl (C=O) groups is 14. The number of aromatic hydroxyl groups is 1. The molecule has 8 N–H and O–H groups in total. The maximum absolute atomic E-state index is 15.2. The predicted octanol–water partition coefficient (Wildman–Crippen LogP) is 5.28. The van der Waals surface area contributed by atoms with Crippen molar-refractivity contribution in [2.24, 2.45) is 47.3 Å². The Morgan fingerprint density at radius 2 is 1.05 bits per heavy atom. The number of benzene rings is 4. The molecule has 6 aliphatic rings. The molecule has 3 aromatic rings. The number of ether oxygens (including phenoxy) is 3. The number of ketones is 2. The molecule has 0 aromatic heterocycles. The largest absolute Gasteiger partial charge is 0.507 e. The van der Waals surface area contributed by atoms with Crippen LogP contribution in [-0.4, -0.2) is 202 Å². The third-order valence-electron chi connectivity index (χ3n) is 20.9. The van der Waals surface area contributed by atoms with Crippen LogP contribution in [0.3, 0.4) is 0 Å². The van der Waals surface area contributed by atoms with Crippen molar-refractivity contribution < 1.29 is 90.9 Å². The minimum atomic E-state index is -1.86. The van der Waals surface area contributed by atoms with Crippen LogP contribution < -0.4 is 42.5 Å². The monoisotopic (exact) mass is 1520 g/mol. The lowest BCUT2D eigenvalue weighted by atomic mass is 9.83. The van der Waals surface area contributed by atoms with Crippen LogP contribution in [0.2, 0.25) is 0 Å². The fourth-order valence-electron chi connectivity index (χ4n) is 14.8. The van der Waals surface area contributed by atoms with Crippen LogP contribution in [0.15, 0.2) is 69.9 Å². The Hall–Kier alpha value is -11.1. The smallest absolute Gasteiger partial charge is 0.347 e. The molecule has 592 valence electrons. The number of para-hydroxylation sites is 1. The average molecular weight is 1520 g/mol. The molecule has 0 spiro atoms. The summed E-state index contributed by atoms with van der Waals surface area (Å²) < 4.78 is 23.5. The summed E-state index contributed by atoms with van der Waals surface area (Å²) in [5.41, 5.74) is 4.37. The zero-order chi connectivity index (χ0) is 81.5. The summed E-state index contributed by atoms with van der Waals surface area (Å²) in [6.07, 6.45) is -0.654. The van der Waals surface area contributed by atoms with E-state index in [9.17, 15) is 67.4 Å². The number of phenols is 1. The summed E-state index contributed by atoms with van der Waals surface area (Å²) in [7, 11) is 5.66. The number of phenolic OH excluding ortho intramolecular Hbond substituents is 1. The van der Waals surface area contributed by atoms with Crippen molar-refractivity contribution >= 4 is 105 Å². The number of nitrogen functional groups attached to an aromatic ring is 1. The standard InChI is InChI=1S/C64H88N10O16.C15H13NO4/c1-27(2)44-53(78)35-19-17-21-37(35)61(84)71(13)25-40(75)73(15)50(29(5)6)63(86)88-33(11)46(59(82)67-44)69-57(80)39-24-23-31(9)55-48(39)66-49-42(43(65)52(77)32(10)56(49)90-55)58(81)70-47-34(12)89-64(87)51(30(7)8)74(16)41(76)26-72(14)62(85)38-22-18-20-36(38)54(79)45(28(3)4)68-60(47)83;1-10(17)16-11-6-8-12(9-7-11)20-15(19)13-4-2-3-5-14(13)18/h23-24,27-30,33-38,44-47,50-51H,17-22,25-26,65H2,1-16H3,(H,67,82)(H,68,83)(H,69,80)(H,70,81);2-9,18H,1H3,(H,16,17). The van der Waals surface area contributed by atoms with Gasteiger partial charge in [0.2, 0.25) is 46.8 Å². The number of nitrogens with zero attached hydrogens (tertiary/aromatic N) is 5. The van der Waals surface area contributed by atoms with Gasteiger partial charge in [0, 0.05) is 70.0 Å². The van der Waals surface area contributed by atoms with E-state index in [2.05, 4.69) is 26.6 Å². The van der Waals surface area contributed by atoms with E-state index in [1.54, 1.807) is 98.7 Å². The Morgan fingerprint density at radius 3 is 1.50 bits per heavy atom. The van der Waals surface area contributed by atoms with E-state index in [1.165, 1.54) is 90.0 Å². The number of nitrogens with two attached hydrogens (primary N) is 1. The number of hydrogen-bond acceptors (Lipinski definition) is 22. The van der Waals surface area contributed by atoms with E-state index in [-0.39, 0.29) is 50.9 Å². The highest BCUT2D eigenvalue weighted by molar-refractivity contribution is 6.11. The van der Waals surface area contributed by atoms with Gasteiger partial charge in [0.1, 0.15) is 64.6 Å². The molecule has 31 nitrogen and oxygen atoms in total. The Labute approximate surface area is 637 Å². The zero-order valence-corrected chi connectivity index (χ0v) is 65.2. The number of cyclic esters (lactones) is 2. The molecule has 110 heavy (non-hydrogen) atoms. The SMILES string of the molecule is CC(=O)Nc1ccc(OC(=O)c2ccccc2O)cc1.Cc1c2oc3c(C)ccc(C(=O)NC4C(=O)NC(C(C)C)C(=O)C5CCCC5C(=O)N(C)CC(=O)N(C)C(C(C)C)C(=O)OC4C)c3nc-2c(C(=O)NC2C(=O)NC(C(C)C)C(=O)C3CCCC3C(=O)N(C)CC(=O)N(C)C(C(C)C)C(=O)OC2C)c(N)c1=O. The second-order valence-corrected chi connectivity index (χ2v) is 30.4. The van der Waals surface area contributed by atoms with Gasteiger partial charge < -0.3 is 75.7 Å². The first-order valence-corrected chi connectivity index (χ1v) is 36.9. The summed E-state index contributed by atoms with van der Waals surface area (Å²) >= 11 is 0. The van der Waals surface area contributed by atoms with E-state index in [0.717, 1.165) is 9.80 Å². The molecule has 9 amide bonds. The summed E-state index contributed by atoms with van der Waals surface area (Å²) in [5.74, 6) is -15.5. The molecule has 4 fully saturated rings. The first-order chi connectivity index (χ1) is 51.7. The molecule has 3 aromatic carbocycles. The normalized spacial score (nSPS) is 24.6. The fraction of sp³-hybridized carbons (Fsp3) is 0.519. The Balaban J connectivity index is 0.000000654. The van der Waals surface area contributed by atoms with Crippen LogP contribution in [0, 0.1) is 61.2 Å². The molecule has 3 aliphatic heterocycles. The number of likely N-dealkylation sites (N-methyl/N-ethyl adjacent to an activating group) is 4. The maximum Gasteiger partial charge on any atom is 0.347 e. The van der Waals surface area contributed by atoms with Crippen LogP contribution in [-0.2, 0) is 62.2 Å². The van der Waals surface area contributed by atoms with Crippen molar-refractivity contribution in [2.45, 2.75) is 177 Å². The molecular formula is C79H101N11O20. The third kappa shape index (κ3) is 18.6. The van der Waals surface area contributed by atoms with Gasteiger partial charge in [-0.2, -0.15) is 0 Å².